The Bertz CT molecular complexity index is 304. The molecule has 3 atom stereocenters. The van der Waals surface area contributed by atoms with Gasteiger partial charge in [-0.3, -0.25) is 4.79 Å². The van der Waals surface area contributed by atoms with Gasteiger partial charge in [-0.2, -0.15) is 0 Å². The average Bonchev–Trinajstić information content (AvgIpc) is 2.23. The molecule has 0 saturated carbocycles. The van der Waals surface area contributed by atoms with Gasteiger partial charge in [0.25, 0.3) is 0 Å². The molecular weight excluding hydrogens is 232 g/mol. The number of ether oxygens (including phenoxy) is 1. The van der Waals surface area contributed by atoms with Gasteiger partial charge in [0.05, 0.1) is 12.7 Å². The molecule has 0 spiro atoms. The lowest BCUT2D eigenvalue weighted by atomic mass is 10.1. The summed E-state index contributed by atoms with van der Waals surface area (Å²) in [7, 11) is 0. The number of aliphatic carboxylic acids is 1. The molecule has 17 heavy (non-hydrogen) atoms. The first-order valence-corrected chi connectivity index (χ1v) is 4.94. The number of aliphatic hydroxyl groups is 1. The van der Waals surface area contributed by atoms with Gasteiger partial charge in [0.1, 0.15) is 0 Å². The number of rotatable bonds is 6. The molecule has 8 heteroatoms. The second-order valence-corrected chi connectivity index (χ2v) is 3.29. The van der Waals surface area contributed by atoms with Crippen LogP contribution in [0.4, 0.5) is 0 Å². The number of esters is 1. The molecule has 8 nitrogen and oxygen atoms in total. The maximum Gasteiger partial charge on any atom is 0.332 e. The largest absolute Gasteiger partial charge is 0.480 e. The van der Waals surface area contributed by atoms with Crippen molar-refractivity contribution in [1.29, 1.82) is 0 Å². The quantitative estimate of drug-likeness (QED) is 0.310. The van der Waals surface area contributed by atoms with Gasteiger partial charge in [-0.05, 0) is 13.8 Å². The molecule has 1 amide bonds. The summed E-state index contributed by atoms with van der Waals surface area (Å²) in [6.45, 7) is 2.78. The van der Waals surface area contributed by atoms with E-state index in [0.717, 1.165) is 0 Å². The molecule has 0 aromatic carbocycles. The summed E-state index contributed by atoms with van der Waals surface area (Å²) in [5.41, 5.74) is 5.23. The number of nitrogens with two attached hydrogens (primary N) is 1. The van der Waals surface area contributed by atoms with Crippen LogP contribution in [0.5, 0.6) is 0 Å². The number of carboxylic acid groups (broad SMARTS) is 1. The minimum absolute atomic E-state index is 0.0541. The van der Waals surface area contributed by atoms with Gasteiger partial charge >= 0.3 is 11.9 Å². The highest BCUT2D eigenvalue weighted by molar-refractivity contribution is 6.02. The molecule has 0 bridgehead atoms. The van der Waals surface area contributed by atoms with Crippen LogP contribution in [0.3, 0.4) is 0 Å². The van der Waals surface area contributed by atoms with Crippen LogP contribution in [0.1, 0.15) is 13.8 Å². The van der Waals surface area contributed by atoms with Crippen molar-refractivity contribution < 1.29 is 29.3 Å². The standard InChI is InChI=1S/C9H16N2O6/c1-3-17-9(16)5(10)7(13)11-6(4(2)12)8(14)15/h4-6,12H,3,10H2,1-2H3,(H,11,13)(H,14,15). The molecule has 0 rings (SSSR count). The first kappa shape index (κ1) is 15.3. The summed E-state index contributed by atoms with van der Waals surface area (Å²) in [5.74, 6) is -3.40. The van der Waals surface area contributed by atoms with Crippen LogP contribution in [0.15, 0.2) is 0 Å². The lowest BCUT2D eigenvalue weighted by Gasteiger charge is -2.18. The molecule has 0 aliphatic rings. The zero-order chi connectivity index (χ0) is 13.6. The van der Waals surface area contributed by atoms with Crippen molar-refractivity contribution in [2.75, 3.05) is 6.61 Å². The fourth-order valence-corrected chi connectivity index (χ4v) is 0.971. The predicted octanol–water partition coefficient (Wildman–Crippen LogP) is -2.17. The van der Waals surface area contributed by atoms with Crippen molar-refractivity contribution >= 4 is 17.8 Å². The topological polar surface area (TPSA) is 139 Å². The second kappa shape index (κ2) is 6.81. The van der Waals surface area contributed by atoms with Gasteiger partial charge in [-0.1, -0.05) is 0 Å². The van der Waals surface area contributed by atoms with Crippen LogP contribution >= 0.6 is 0 Å². The number of amides is 1. The number of nitrogens with one attached hydrogen (secondary N) is 1. The molecule has 0 radical (unpaired) electrons. The molecular formula is C9H16N2O6. The van der Waals surface area contributed by atoms with Crippen LogP contribution in [0.2, 0.25) is 0 Å². The smallest absolute Gasteiger partial charge is 0.332 e. The average molecular weight is 248 g/mol. The Morgan fingerprint density at radius 3 is 2.29 bits per heavy atom. The van der Waals surface area contributed by atoms with Crippen molar-refractivity contribution in [1.82, 2.24) is 5.32 Å². The van der Waals surface area contributed by atoms with Crippen molar-refractivity contribution in [2.45, 2.75) is 32.0 Å². The van der Waals surface area contributed by atoms with E-state index >= 15 is 0 Å². The van der Waals surface area contributed by atoms with Gasteiger partial charge in [0, 0.05) is 0 Å². The fraction of sp³-hybridized carbons (Fsp3) is 0.667. The van der Waals surface area contributed by atoms with Crippen LogP contribution in [0, 0.1) is 0 Å². The van der Waals surface area contributed by atoms with E-state index in [1.165, 1.54) is 6.92 Å². The molecule has 0 aromatic rings. The van der Waals surface area contributed by atoms with E-state index in [4.69, 9.17) is 15.9 Å². The van der Waals surface area contributed by atoms with Crippen molar-refractivity contribution in [3.63, 3.8) is 0 Å². The lowest BCUT2D eigenvalue weighted by molar-refractivity contribution is -0.151. The number of carbonyl (C=O) groups excluding carboxylic acids is 2. The summed E-state index contributed by atoms with van der Waals surface area (Å²) >= 11 is 0. The van der Waals surface area contributed by atoms with E-state index in [-0.39, 0.29) is 6.61 Å². The van der Waals surface area contributed by atoms with Gasteiger partial charge in [-0.15, -0.1) is 0 Å². The molecule has 0 heterocycles. The second-order valence-electron chi connectivity index (χ2n) is 3.29. The van der Waals surface area contributed by atoms with Crippen LogP contribution < -0.4 is 11.1 Å². The summed E-state index contributed by atoms with van der Waals surface area (Å²) in [4.78, 5) is 33.1. The number of carbonyl (C=O) groups is 3. The molecule has 5 N–H and O–H groups in total. The van der Waals surface area contributed by atoms with Gasteiger partial charge in [-0.25, -0.2) is 9.59 Å². The van der Waals surface area contributed by atoms with E-state index in [1.807, 2.05) is 5.32 Å². The van der Waals surface area contributed by atoms with E-state index < -0.39 is 36.0 Å². The highest BCUT2D eigenvalue weighted by Crippen LogP contribution is 1.95. The van der Waals surface area contributed by atoms with Crippen LogP contribution in [-0.4, -0.2) is 52.9 Å². The molecule has 98 valence electrons. The summed E-state index contributed by atoms with van der Waals surface area (Å²) in [6, 6.07) is -3.14. The molecule has 0 aromatic heterocycles. The SMILES string of the molecule is CCOC(=O)C(N)C(=O)NC(C(=O)O)C(C)O. The normalized spacial score (nSPS) is 15.5. The maximum atomic E-state index is 11.4. The monoisotopic (exact) mass is 248 g/mol. The Labute approximate surface area is 97.7 Å². The Hall–Kier alpha value is -1.67. The number of hydrogen-bond acceptors (Lipinski definition) is 6. The Kier molecular flexibility index (Phi) is 6.15. The molecule has 0 aliphatic heterocycles. The molecule has 0 aliphatic carbocycles. The Morgan fingerprint density at radius 2 is 1.94 bits per heavy atom. The van der Waals surface area contributed by atoms with Crippen molar-refractivity contribution in [3.05, 3.63) is 0 Å². The number of aliphatic hydroxyl groups excluding tert-OH is 1. The first-order valence-electron chi connectivity index (χ1n) is 4.94. The lowest BCUT2D eigenvalue weighted by Crippen LogP contribution is -2.55. The molecule has 0 fully saturated rings. The predicted molar refractivity (Wildman–Crippen MR) is 55.9 cm³/mol. The van der Waals surface area contributed by atoms with Crippen LogP contribution in [0.25, 0.3) is 0 Å². The van der Waals surface area contributed by atoms with Crippen LogP contribution in [-0.2, 0) is 19.1 Å². The third-order valence-corrected chi connectivity index (χ3v) is 1.87. The van der Waals surface area contributed by atoms with E-state index in [9.17, 15) is 14.4 Å². The van der Waals surface area contributed by atoms with Gasteiger partial charge in [0.15, 0.2) is 12.1 Å². The summed E-state index contributed by atoms with van der Waals surface area (Å²) in [5, 5.41) is 19.7. The zero-order valence-corrected chi connectivity index (χ0v) is 9.54. The number of hydrogen-bond donors (Lipinski definition) is 4. The Morgan fingerprint density at radius 1 is 1.41 bits per heavy atom. The summed E-state index contributed by atoms with van der Waals surface area (Å²) < 4.78 is 4.49. The number of carboxylic acids is 1. The van der Waals surface area contributed by atoms with E-state index in [1.54, 1.807) is 6.92 Å². The highest BCUT2D eigenvalue weighted by atomic mass is 16.5. The van der Waals surface area contributed by atoms with E-state index in [2.05, 4.69) is 4.74 Å². The fourth-order valence-electron chi connectivity index (χ4n) is 0.971. The molecule has 3 unspecified atom stereocenters. The van der Waals surface area contributed by atoms with Crippen molar-refractivity contribution in [3.8, 4) is 0 Å². The third kappa shape index (κ3) is 4.79. The third-order valence-electron chi connectivity index (χ3n) is 1.87. The van der Waals surface area contributed by atoms with E-state index in [0.29, 0.717) is 0 Å². The minimum atomic E-state index is -1.62. The minimum Gasteiger partial charge on any atom is -0.480 e. The molecule has 0 saturated heterocycles. The maximum absolute atomic E-state index is 11.4. The van der Waals surface area contributed by atoms with Gasteiger partial charge < -0.3 is 26.0 Å². The zero-order valence-electron chi connectivity index (χ0n) is 9.54. The Balaban J connectivity index is 4.51. The summed E-state index contributed by atoms with van der Waals surface area (Å²) in [6.07, 6.45) is -1.31. The first-order chi connectivity index (χ1) is 7.81. The highest BCUT2D eigenvalue weighted by Gasteiger charge is 2.30. The van der Waals surface area contributed by atoms with Gasteiger partial charge in [0.2, 0.25) is 5.91 Å². The van der Waals surface area contributed by atoms with Crippen molar-refractivity contribution in [2.24, 2.45) is 5.73 Å².